The largest absolute Gasteiger partial charge is 0.405 e. The van der Waals surface area contributed by atoms with Gasteiger partial charge in [-0.2, -0.15) is 18.3 Å². The maximum absolute atomic E-state index is 13.9. The number of alkyl halides is 4. The van der Waals surface area contributed by atoms with E-state index in [9.17, 15) is 27.5 Å². The van der Waals surface area contributed by atoms with Gasteiger partial charge in [-0.15, -0.1) is 0 Å². The molecular formula is C19H19ClF4N6O2. The second kappa shape index (κ2) is 8.87. The first kappa shape index (κ1) is 23.7. The van der Waals surface area contributed by atoms with E-state index in [0.29, 0.717) is 16.2 Å². The van der Waals surface area contributed by atoms with Crippen LogP contribution in [0.3, 0.4) is 0 Å². The van der Waals surface area contributed by atoms with Crippen LogP contribution in [0.25, 0.3) is 16.9 Å². The van der Waals surface area contributed by atoms with Gasteiger partial charge in [0.05, 0.1) is 52.1 Å². The fourth-order valence-corrected chi connectivity index (χ4v) is 2.83. The first-order chi connectivity index (χ1) is 14.8. The summed E-state index contributed by atoms with van der Waals surface area (Å²) in [5.41, 5.74) is -1.14. The molecule has 0 aliphatic carbocycles. The van der Waals surface area contributed by atoms with Gasteiger partial charge in [0.1, 0.15) is 12.7 Å². The number of carbonyl (C=O) groups excluding carboxylic acids is 1. The Morgan fingerprint density at radius 1 is 1.25 bits per heavy atom. The van der Waals surface area contributed by atoms with Crippen LogP contribution in [-0.2, 0) is 0 Å². The summed E-state index contributed by atoms with van der Waals surface area (Å²) in [5.74, 6) is -0.856. The van der Waals surface area contributed by atoms with Gasteiger partial charge in [0.2, 0.25) is 0 Å². The number of fused-ring (bicyclic) bond motifs is 1. The summed E-state index contributed by atoms with van der Waals surface area (Å²) < 4.78 is 53.7. The minimum atomic E-state index is -4.55. The summed E-state index contributed by atoms with van der Waals surface area (Å²) >= 11 is 5.88. The molecule has 0 radical (unpaired) electrons. The van der Waals surface area contributed by atoms with Gasteiger partial charge in [0.25, 0.3) is 5.91 Å². The van der Waals surface area contributed by atoms with Gasteiger partial charge in [-0.05, 0) is 19.9 Å². The van der Waals surface area contributed by atoms with Crippen molar-refractivity contribution < 1.29 is 27.5 Å². The average molecular weight is 475 g/mol. The van der Waals surface area contributed by atoms with E-state index in [1.807, 2.05) is 0 Å². The molecule has 1 unspecified atom stereocenters. The minimum absolute atomic E-state index is 0.170. The maximum atomic E-state index is 13.9. The Labute approximate surface area is 184 Å². The van der Waals surface area contributed by atoms with E-state index in [0.717, 1.165) is 6.20 Å². The topological polar surface area (TPSA) is 104 Å². The van der Waals surface area contributed by atoms with Crippen molar-refractivity contribution in [2.24, 2.45) is 0 Å². The maximum Gasteiger partial charge on any atom is 0.405 e. The molecule has 0 fully saturated rings. The molecule has 8 nitrogen and oxygen atoms in total. The molecule has 0 aromatic carbocycles. The molecule has 1 amide bonds. The molecule has 3 aromatic heterocycles. The number of hydrogen-bond donors (Lipinski definition) is 3. The van der Waals surface area contributed by atoms with Gasteiger partial charge in [-0.25, -0.2) is 13.9 Å². The Morgan fingerprint density at radius 3 is 2.62 bits per heavy atom. The predicted octanol–water partition coefficient (Wildman–Crippen LogP) is 3.26. The number of carbonyl (C=O) groups is 1. The summed E-state index contributed by atoms with van der Waals surface area (Å²) in [7, 11) is 0. The third kappa shape index (κ3) is 5.62. The van der Waals surface area contributed by atoms with E-state index in [1.54, 1.807) is 0 Å². The minimum Gasteiger partial charge on any atom is -0.387 e. The fourth-order valence-electron chi connectivity index (χ4n) is 2.69. The van der Waals surface area contributed by atoms with E-state index in [2.05, 4.69) is 25.7 Å². The molecule has 3 aromatic rings. The summed E-state index contributed by atoms with van der Waals surface area (Å²) in [6.07, 6.45) is -0.991. The van der Waals surface area contributed by atoms with Gasteiger partial charge in [-0.3, -0.25) is 9.78 Å². The molecule has 3 rings (SSSR count). The Morgan fingerprint density at radius 2 is 1.97 bits per heavy atom. The molecule has 0 bridgehead atoms. The van der Waals surface area contributed by atoms with E-state index in [4.69, 9.17) is 11.6 Å². The molecule has 172 valence electrons. The highest BCUT2D eigenvalue weighted by Crippen LogP contribution is 2.27. The summed E-state index contributed by atoms with van der Waals surface area (Å²) in [6.45, 7) is 0.512. The van der Waals surface area contributed by atoms with E-state index in [1.165, 1.54) is 43.0 Å². The Hall–Kier alpha value is -2.99. The van der Waals surface area contributed by atoms with Gasteiger partial charge < -0.3 is 15.7 Å². The molecule has 0 aliphatic heterocycles. The van der Waals surface area contributed by atoms with Crippen LogP contribution in [0.1, 0.15) is 24.2 Å². The van der Waals surface area contributed by atoms with Crippen molar-refractivity contribution in [2.45, 2.75) is 31.8 Å². The Kier molecular flexibility index (Phi) is 6.56. The molecule has 0 saturated heterocycles. The number of rotatable bonds is 7. The van der Waals surface area contributed by atoms with Gasteiger partial charge in [0.15, 0.2) is 5.65 Å². The lowest BCUT2D eigenvalue weighted by atomic mass is 10.0. The number of halogens is 5. The molecule has 3 N–H and O–H groups in total. The Balaban J connectivity index is 1.94. The molecule has 0 saturated carbocycles. The zero-order valence-electron chi connectivity index (χ0n) is 16.9. The van der Waals surface area contributed by atoms with Crippen molar-refractivity contribution in [3.63, 3.8) is 0 Å². The third-order valence-electron chi connectivity index (χ3n) is 4.44. The van der Waals surface area contributed by atoms with Crippen LogP contribution in [0.4, 0.5) is 23.2 Å². The standard InChI is InChI=1S/C19H19ClF4N6O2/c1-18(2,32)15(21)7-27-17(31)12-5-25-13(3-14(12)28-9-19(22,23)24)11-6-29-30-8-10(20)4-26-16(11)30/h3-6,8,15,32H,7,9H2,1-2H3,(H,25,28)(H,27,31). The molecule has 32 heavy (non-hydrogen) atoms. The van der Waals surface area contributed by atoms with Crippen molar-refractivity contribution >= 4 is 28.8 Å². The van der Waals surface area contributed by atoms with Crippen LogP contribution in [0, 0.1) is 0 Å². The normalized spacial score (nSPS) is 13.2. The molecule has 3 heterocycles. The second-order valence-electron chi connectivity index (χ2n) is 7.51. The summed E-state index contributed by atoms with van der Waals surface area (Å²) in [6, 6.07) is 1.25. The highest BCUT2D eigenvalue weighted by atomic mass is 35.5. The van der Waals surface area contributed by atoms with Crippen LogP contribution >= 0.6 is 11.6 Å². The van der Waals surface area contributed by atoms with Crippen LogP contribution in [0.2, 0.25) is 5.02 Å². The van der Waals surface area contributed by atoms with Crippen molar-refractivity contribution in [3.8, 4) is 11.3 Å². The van der Waals surface area contributed by atoms with Crippen LogP contribution in [0.5, 0.6) is 0 Å². The number of anilines is 1. The fraction of sp³-hybridized carbons (Fsp3) is 0.368. The molecular weight excluding hydrogens is 456 g/mol. The lowest BCUT2D eigenvalue weighted by Crippen LogP contribution is -2.42. The number of pyridine rings is 1. The van der Waals surface area contributed by atoms with Crippen molar-refractivity contribution in [3.05, 3.63) is 41.4 Å². The number of hydrogen-bond acceptors (Lipinski definition) is 6. The van der Waals surface area contributed by atoms with Gasteiger partial charge >= 0.3 is 6.18 Å². The number of nitrogens with zero attached hydrogens (tertiary/aromatic N) is 4. The number of nitrogens with one attached hydrogen (secondary N) is 2. The van der Waals surface area contributed by atoms with Gasteiger partial charge in [0, 0.05) is 12.4 Å². The summed E-state index contributed by atoms with van der Waals surface area (Å²) in [5, 5.41) is 18.5. The first-order valence-electron chi connectivity index (χ1n) is 9.30. The number of amides is 1. The van der Waals surface area contributed by atoms with E-state index < -0.39 is 36.9 Å². The van der Waals surface area contributed by atoms with Crippen LogP contribution < -0.4 is 10.6 Å². The zero-order chi connectivity index (χ0) is 23.7. The van der Waals surface area contributed by atoms with Crippen molar-refractivity contribution in [2.75, 3.05) is 18.4 Å². The lowest BCUT2D eigenvalue weighted by molar-refractivity contribution is -0.115. The van der Waals surface area contributed by atoms with Crippen LogP contribution in [0.15, 0.2) is 30.9 Å². The first-order valence-corrected chi connectivity index (χ1v) is 9.67. The Bertz CT molecular complexity index is 1130. The lowest BCUT2D eigenvalue weighted by Gasteiger charge is -2.22. The highest BCUT2D eigenvalue weighted by molar-refractivity contribution is 6.30. The summed E-state index contributed by atoms with van der Waals surface area (Å²) in [4.78, 5) is 20.8. The highest BCUT2D eigenvalue weighted by Gasteiger charge is 2.29. The number of aromatic nitrogens is 4. The molecule has 1 atom stereocenters. The van der Waals surface area contributed by atoms with Crippen LogP contribution in [-0.4, -0.2) is 61.6 Å². The third-order valence-corrected chi connectivity index (χ3v) is 4.63. The zero-order valence-corrected chi connectivity index (χ0v) is 17.7. The molecule has 13 heteroatoms. The average Bonchev–Trinajstić information content (AvgIpc) is 3.11. The quantitative estimate of drug-likeness (QED) is 0.454. The SMILES string of the molecule is CC(C)(O)C(F)CNC(=O)c1cnc(-c2cnn3cc(Cl)cnc23)cc1NCC(F)(F)F. The van der Waals surface area contributed by atoms with Gasteiger partial charge in [-0.1, -0.05) is 11.6 Å². The van der Waals surface area contributed by atoms with Crippen molar-refractivity contribution in [1.82, 2.24) is 24.9 Å². The monoisotopic (exact) mass is 474 g/mol. The number of aliphatic hydroxyl groups is 1. The van der Waals surface area contributed by atoms with E-state index in [-0.39, 0.29) is 16.9 Å². The molecule has 0 spiro atoms. The van der Waals surface area contributed by atoms with E-state index >= 15 is 0 Å². The molecule has 0 aliphatic rings. The second-order valence-corrected chi connectivity index (χ2v) is 7.95. The predicted molar refractivity (Wildman–Crippen MR) is 109 cm³/mol. The van der Waals surface area contributed by atoms with Crippen molar-refractivity contribution in [1.29, 1.82) is 0 Å². The smallest absolute Gasteiger partial charge is 0.387 e.